The second-order valence-corrected chi connectivity index (χ2v) is 11.1. The Labute approximate surface area is 235 Å². The molecule has 1 unspecified atom stereocenters. The minimum atomic E-state index is -0.705. The van der Waals surface area contributed by atoms with Crippen LogP contribution in [0.1, 0.15) is 70.8 Å². The van der Waals surface area contributed by atoms with Crippen molar-refractivity contribution in [3.63, 3.8) is 0 Å². The molecule has 2 fully saturated rings. The molecular formula is C30H27ClFN5O3. The Hall–Kier alpha value is -3.98. The quantitative estimate of drug-likeness (QED) is 0.350. The maximum absolute atomic E-state index is 15.3. The van der Waals surface area contributed by atoms with E-state index in [9.17, 15) is 9.59 Å². The number of aromatic nitrogens is 3. The zero-order chi connectivity index (χ0) is 27.4. The maximum atomic E-state index is 15.3. The van der Waals surface area contributed by atoms with E-state index in [-0.39, 0.29) is 35.4 Å². The first kappa shape index (κ1) is 25.0. The number of pyridine rings is 2. The Morgan fingerprint density at radius 2 is 1.93 bits per heavy atom. The monoisotopic (exact) mass is 559 g/mol. The first-order valence-corrected chi connectivity index (χ1v) is 14.0. The highest BCUT2D eigenvalue weighted by molar-refractivity contribution is 6.30. The molecule has 204 valence electrons. The van der Waals surface area contributed by atoms with E-state index in [1.807, 2.05) is 28.8 Å². The van der Waals surface area contributed by atoms with Gasteiger partial charge in [-0.05, 0) is 62.1 Å². The SMILES string of the molecule is O=C(NC1CC1)c1ccc(OCC(=O)N2CCc3nc4ccccn4c3C2c2ccc(Cl)cc2F)c(C2CC2)n1. The summed E-state index contributed by atoms with van der Waals surface area (Å²) in [6.07, 6.45) is 6.34. The average molecular weight is 560 g/mol. The van der Waals surface area contributed by atoms with E-state index in [1.54, 1.807) is 29.2 Å². The highest BCUT2D eigenvalue weighted by atomic mass is 35.5. The summed E-state index contributed by atoms with van der Waals surface area (Å²) < 4.78 is 23.3. The van der Waals surface area contributed by atoms with Crippen molar-refractivity contribution in [2.45, 2.75) is 50.1 Å². The summed E-state index contributed by atoms with van der Waals surface area (Å²) >= 11 is 6.06. The Morgan fingerprint density at radius 3 is 2.70 bits per heavy atom. The standard InChI is InChI=1S/C30H27ClFN5O3/c31-18-6-9-20(21(32)15-18)28-29-22(34-25-3-1-2-13-36(25)29)12-14-37(28)26(38)16-40-24-11-10-23(30(39)33-19-7-8-19)35-27(24)17-4-5-17/h1-3,6,9-11,13,15,17,19,28H,4-5,7-8,12,14,16H2,(H,33,39). The van der Waals surface area contributed by atoms with Gasteiger partial charge in [0.2, 0.25) is 0 Å². The maximum Gasteiger partial charge on any atom is 0.270 e. The fraction of sp³-hybridized carbons (Fsp3) is 0.333. The second-order valence-electron chi connectivity index (χ2n) is 10.7. The molecule has 4 aromatic rings. The molecule has 1 N–H and O–H groups in total. The first-order chi connectivity index (χ1) is 19.5. The van der Waals surface area contributed by atoms with Crippen LogP contribution in [0.5, 0.6) is 5.75 Å². The molecule has 4 heterocycles. The third kappa shape index (κ3) is 4.68. The molecule has 10 heteroatoms. The molecule has 3 aromatic heterocycles. The number of rotatable bonds is 7. The van der Waals surface area contributed by atoms with Crippen LogP contribution in [-0.4, -0.2) is 50.3 Å². The number of nitrogens with one attached hydrogen (secondary N) is 1. The van der Waals surface area contributed by atoms with Crippen molar-refractivity contribution in [2.75, 3.05) is 13.2 Å². The molecule has 3 aliphatic rings. The molecule has 2 aliphatic carbocycles. The molecule has 1 aliphatic heterocycles. The molecule has 2 saturated carbocycles. The van der Waals surface area contributed by atoms with Gasteiger partial charge in [0.1, 0.15) is 28.9 Å². The number of nitrogens with zero attached hydrogens (tertiary/aromatic N) is 4. The number of benzene rings is 1. The van der Waals surface area contributed by atoms with Crippen LogP contribution >= 0.6 is 11.6 Å². The normalized spacial score (nSPS) is 18.4. The predicted molar refractivity (Wildman–Crippen MR) is 146 cm³/mol. The van der Waals surface area contributed by atoms with Crippen LogP contribution in [0.3, 0.4) is 0 Å². The molecular weight excluding hydrogens is 533 g/mol. The molecule has 0 radical (unpaired) electrons. The minimum absolute atomic E-state index is 0.183. The van der Waals surface area contributed by atoms with Crippen LogP contribution in [0.25, 0.3) is 5.65 Å². The number of amides is 2. The van der Waals surface area contributed by atoms with Gasteiger partial charge in [0.15, 0.2) is 6.61 Å². The molecule has 40 heavy (non-hydrogen) atoms. The van der Waals surface area contributed by atoms with Crippen LogP contribution in [-0.2, 0) is 11.2 Å². The molecule has 1 atom stereocenters. The van der Waals surface area contributed by atoms with Crippen molar-refractivity contribution in [3.05, 3.63) is 93.9 Å². The van der Waals surface area contributed by atoms with Gasteiger partial charge in [-0.2, -0.15) is 0 Å². The number of hydrogen-bond donors (Lipinski definition) is 1. The molecule has 0 saturated heterocycles. The van der Waals surface area contributed by atoms with Crippen LogP contribution < -0.4 is 10.1 Å². The molecule has 2 amide bonds. The molecule has 7 rings (SSSR count). The number of carbonyl (C=O) groups excluding carboxylic acids is 2. The highest BCUT2D eigenvalue weighted by Gasteiger charge is 2.38. The lowest BCUT2D eigenvalue weighted by molar-refractivity contribution is -0.135. The van der Waals surface area contributed by atoms with Crippen molar-refractivity contribution >= 4 is 29.1 Å². The van der Waals surface area contributed by atoms with Crippen LogP contribution in [0.2, 0.25) is 5.02 Å². The van der Waals surface area contributed by atoms with E-state index < -0.39 is 11.9 Å². The lowest BCUT2D eigenvalue weighted by atomic mass is 9.95. The summed E-state index contributed by atoms with van der Waals surface area (Å²) in [6, 6.07) is 13.1. The van der Waals surface area contributed by atoms with E-state index >= 15 is 4.39 Å². The van der Waals surface area contributed by atoms with Crippen LogP contribution in [0.15, 0.2) is 54.7 Å². The average Bonchev–Trinajstić information content (AvgIpc) is 3.89. The summed E-state index contributed by atoms with van der Waals surface area (Å²) in [5.74, 6) is -0.244. The molecule has 0 bridgehead atoms. The van der Waals surface area contributed by atoms with Gasteiger partial charge in [-0.3, -0.25) is 9.59 Å². The number of carbonyl (C=O) groups is 2. The summed E-state index contributed by atoms with van der Waals surface area (Å²) in [4.78, 5) is 37.3. The third-order valence-corrected chi connectivity index (χ3v) is 7.96. The van der Waals surface area contributed by atoms with Crippen molar-refractivity contribution in [3.8, 4) is 5.75 Å². The smallest absolute Gasteiger partial charge is 0.270 e. The Morgan fingerprint density at radius 1 is 1.07 bits per heavy atom. The highest BCUT2D eigenvalue weighted by Crippen LogP contribution is 2.43. The predicted octanol–water partition coefficient (Wildman–Crippen LogP) is 4.84. The van der Waals surface area contributed by atoms with Crippen LogP contribution in [0.4, 0.5) is 4.39 Å². The van der Waals surface area contributed by atoms with Crippen molar-refractivity contribution < 1.29 is 18.7 Å². The Balaban J connectivity index is 1.18. The van der Waals surface area contributed by atoms with E-state index in [2.05, 4.69) is 10.3 Å². The van der Waals surface area contributed by atoms with Gasteiger partial charge in [0.05, 0.1) is 17.1 Å². The molecule has 8 nitrogen and oxygen atoms in total. The van der Waals surface area contributed by atoms with E-state index in [0.29, 0.717) is 35.7 Å². The summed E-state index contributed by atoms with van der Waals surface area (Å²) in [5, 5.41) is 3.25. The van der Waals surface area contributed by atoms with Gasteiger partial charge in [0, 0.05) is 41.7 Å². The summed E-state index contributed by atoms with van der Waals surface area (Å²) in [6.45, 7) is 0.118. The molecule has 0 spiro atoms. The zero-order valence-electron chi connectivity index (χ0n) is 21.6. The van der Waals surface area contributed by atoms with Crippen molar-refractivity contribution in [1.82, 2.24) is 24.6 Å². The third-order valence-electron chi connectivity index (χ3n) is 7.73. The minimum Gasteiger partial charge on any atom is -0.482 e. The summed E-state index contributed by atoms with van der Waals surface area (Å²) in [7, 11) is 0. The first-order valence-electron chi connectivity index (χ1n) is 13.6. The molecule has 1 aromatic carbocycles. The van der Waals surface area contributed by atoms with E-state index in [4.69, 9.17) is 21.3 Å². The second kappa shape index (κ2) is 9.89. The lowest BCUT2D eigenvalue weighted by Crippen LogP contribution is -2.43. The summed E-state index contributed by atoms with van der Waals surface area (Å²) in [5.41, 5.74) is 3.74. The Kier molecular flexibility index (Phi) is 6.19. The Bertz CT molecular complexity index is 1650. The van der Waals surface area contributed by atoms with Gasteiger partial charge in [0.25, 0.3) is 11.8 Å². The van der Waals surface area contributed by atoms with E-state index in [0.717, 1.165) is 42.7 Å². The largest absolute Gasteiger partial charge is 0.482 e. The zero-order valence-corrected chi connectivity index (χ0v) is 22.4. The number of ether oxygens (including phenoxy) is 1. The fourth-order valence-corrected chi connectivity index (χ4v) is 5.58. The number of halogens is 2. The van der Waals surface area contributed by atoms with Crippen molar-refractivity contribution in [2.24, 2.45) is 0 Å². The van der Waals surface area contributed by atoms with Gasteiger partial charge < -0.3 is 19.4 Å². The van der Waals surface area contributed by atoms with Gasteiger partial charge >= 0.3 is 0 Å². The fourth-order valence-electron chi connectivity index (χ4n) is 5.42. The van der Waals surface area contributed by atoms with Gasteiger partial charge in [-0.15, -0.1) is 0 Å². The topological polar surface area (TPSA) is 88.8 Å². The number of hydrogen-bond acceptors (Lipinski definition) is 5. The van der Waals surface area contributed by atoms with E-state index in [1.165, 1.54) is 6.07 Å². The van der Waals surface area contributed by atoms with Crippen molar-refractivity contribution in [1.29, 1.82) is 0 Å². The number of imidazole rings is 1. The number of fused-ring (bicyclic) bond motifs is 3. The van der Waals surface area contributed by atoms with Gasteiger partial charge in [-0.1, -0.05) is 23.7 Å². The van der Waals surface area contributed by atoms with Crippen LogP contribution in [0, 0.1) is 5.82 Å². The van der Waals surface area contributed by atoms with Gasteiger partial charge in [-0.25, -0.2) is 14.4 Å². The lowest BCUT2D eigenvalue weighted by Gasteiger charge is -2.36.